The van der Waals surface area contributed by atoms with Crippen LogP contribution in [0, 0.1) is 11.8 Å². The SMILES string of the molecule is CC(C)[C@@H]1CN(C(=O)c2cnc(-c3cccnc3)nc2)C[C@H]1NC(=O)N(C)C. The Bertz CT molecular complexity index is 822. The summed E-state index contributed by atoms with van der Waals surface area (Å²) in [5.41, 5.74) is 1.24. The van der Waals surface area contributed by atoms with E-state index in [1.165, 1.54) is 4.90 Å². The Morgan fingerprint density at radius 1 is 1.18 bits per heavy atom. The molecule has 148 valence electrons. The van der Waals surface area contributed by atoms with Crippen molar-refractivity contribution in [2.75, 3.05) is 27.2 Å². The van der Waals surface area contributed by atoms with E-state index < -0.39 is 0 Å². The fourth-order valence-electron chi connectivity index (χ4n) is 3.38. The molecule has 0 aliphatic carbocycles. The summed E-state index contributed by atoms with van der Waals surface area (Å²) < 4.78 is 0. The number of hydrogen-bond acceptors (Lipinski definition) is 5. The van der Waals surface area contributed by atoms with Crippen molar-refractivity contribution in [2.24, 2.45) is 11.8 Å². The monoisotopic (exact) mass is 382 g/mol. The van der Waals surface area contributed by atoms with Gasteiger partial charge < -0.3 is 15.1 Å². The first-order chi connectivity index (χ1) is 13.4. The number of hydrogen-bond donors (Lipinski definition) is 1. The third-order valence-electron chi connectivity index (χ3n) is 5.04. The van der Waals surface area contributed by atoms with Crippen LogP contribution in [0.4, 0.5) is 4.79 Å². The Kier molecular flexibility index (Phi) is 5.87. The minimum absolute atomic E-state index is 0.0746. The Hall–Kier alpha value is -3.03. The highest BCUT2D eigenvalue weighted by Gasteiger charge is 2.38. The molecular formula is C20H26N6O2. The number of rotatable bonds is 4. The van der Waals surface area contributed by atoms with Crippen LogP contribution in [0.1, 0.15) is 24.2 Å². The summed E-state index contributed by atoms with van der Waals surface area (Å²) in [6, 6.07) is 3.47. The Morgan fingerprint density at radius 2 is 1.89 bits per heavy atom. The van der Waals surface area contributed by atoms with Crippen molar-refractivity contribution in [3.05, 3.63) is 42.5 Å². The molecule has 1 fully saturated rings. The van der Waals surface area contributed by atoms with Gasteiger partial charge in [0.05, 0.1) is 11.6 Å². The standard InChI is InChI=1S/C20H26N6O2/c1-13(2)16-11-26(12-17(16)24-20(28)25(3)4)19(27)15-9-22-18(23-10-15)14-6-5-7-21-8-14/h5-10,13,16-17H,11-12H2,1-4H3,(H,24,28)/t16-,17+/m0/s1. The zero-order valence-corrected chi connectivity index (χ0v) is 16.7. The van der Waals surface area contributed by atoms with Crippen LogP contribution >= 0.6 is 0 Å². The van der Waals surface area contributed by atoms with E-state index in [2.05, 4.69) is 34.1 Å². The van der Waals surface area contributed by atoms with Crippen LogP contribution in [0.25, 0.3) is 11.4 Å². The number of nitrogens with one attached hydrogen (secondary N) is 1. The summed E-state index contributed by atoms with van der Waals surface area (Å²) in [7, 11) is 3.41. The van der Waals surface area contributed by atoms with Gasteiger partial charge in [-0.25, -0.2) is 14.8 Å². The first kappa shape index (κ1) is 19.7. The first-order valence-corrected chi connectivity index (χ1v) is 9.36. The number of pyridine rings is 1. The second-order valence-corrected chi connectivity index (χ2v) is 7.61. The number of carbonyl (C=O) groups excluding carboxylic acids is 2. The molecule has 0 aromatic carbocycles. The molecule has 0 radical (unpaired) electrons. The largest absolute Gasteiger partial charge is 0.336 e. The Balaban J connectivity index is 1.72. The van der Waals surface area contributed by atoms with Crippen molar-refractivity contribution in [1.29, 1.82) is 0 Å². The minimum atomic E-state index is -0.144. The summed E-state index contributed by atoms with van der Waals surface area (Å²) in [6.45, 7) is 5.30. The maximum Gasteiger partial charge on any atom is 0.317 e. The van der Waals surface area contributed by atoms with E-state index in [1.807, 2.05) is 12.1 Å². The minimum Gasteiger partial charge on any atom is -0.336 e. The predicted molar refractivity (Wildman–Crippen MR) is 106 cm³/mol. The van der Waals surface area contributed by atoms with Gasteiger partial charge in [0, 0.05) is 63.5 Å². The van der Waals surface area contributed by atoms with Crippen LogP contribution in [0.15, 0.2) is 36.9 Å². The molecule has 0 unspecified atom stereocenters. The molecule has 3 heterocycles. The van der Waals surface area contributed by atoms with Crippen molar-refractivity contribution in [2.45, 2.75) is 19.9 Å². The highest BCUT2D eigenvalue weighted by atomic mass is 16.2. The maximum atomic E-state index is 12.9. The van der Waals surface area contributed by atoms with Gasteiger partial charge in [0.1, 0.15) is 0 Å². The molecule has 0 spiro atoms. The summed E-state index contributed by atoms with van der Waals surface area (Å²) in [5, 5.41) is 3.03. The van der Waals surface area contributed by atoms with Gasteiger partial charge in [-0.3, -0.25) is 9.78 Å². The molecule has 8 heteroatoms. The van der Waals surface area contributed by atoms with E-state index in [-0.39, 0.29) is 23.9 Å². The highest BCUT2D eigenvalue weighted by molar-refractivity contribution is 5.94. The van der Waals surface area contributed by atoms with Crippen molar-refractivity contribution in [3.63, 3.8) is 0 Å². The van der Waals surface area contributed by atoms with E-state index in [0.29, 0.717) is 30.4 Å². The van der Waals surface area contributed by atoms with E-state index in [0.717, 1.165) is 5.56 Å². The van der Waals surface area contributed by atoms with Crippen LogP contribution in [-0.2, 0) is 0 Å². The van der Waals surface area contributed by atoms with E-state index in [9.17, 15) is 9.59 Å². The smallest absolute Gasteiger partial charge is 0.317 e. The molecule has 28 heavy (non-hydrogen) atoms. The Morgan fingerprint density at radius 3 is 2.46 bits per heavy atom. The fraction of sp³-hybridized carbons (Fsp3) is 0.450. The van der Waals surface area contributed by atoms with Gasteiger partial charge >= 0.3 is 6.03 Å². The summed E-state index contributed by atoms with van der Waals surface area (Å²) in [5.74, 6) is 0.949. The van der Waals surface area contributed by atoms with Crippen molar-refractivity contribution >= 4 is 11.9 Å². The molecule has 3 amide bonds. The van der Waals surface area contributed by atoms with Gasteiger partial charge in [-0.15, -0.1) is 0 Å². The van der Waals surface area contributed by atoms with Gasteiger partial charge in [0.15, 0.2) is 5.82 Å². The molecule has 8 nitrogen and oxygen atoms in total. The summed E-state index contributed by atoms with van der Waals surface area (Å²) in [4.78, 5) is 41.0. The highest BCUT2D eigenvalue weighted by Crippen LogP contribution is 2.26. The average Bonchev–Trinajstić information content (AvgIpc) is 3.12. The van der Waals surface area contributed by atoms with E-state index in [1.54, 1.807) is 43.8 Å². The molecule has 1 saturated heterocycles. The zero-order valence-electron chi connectivity index (χ0n) is 16.7. The molecule has 2 aromatic heterocycles. The van der Waals surface area contributed by atoms with Gasteiger partial charge in [-0.2, -0.15) is 0 Å². The van der Waals surface area contributed by atoms with E-state index in [4.69, 9.17) is 0 Å². The van der Waals surface area contributed by atoms with Crippen molar-refractivity contribution in [3.8, 4) is 11.4 Å². The van der Waals surface area contributed by atoms with Gasteiger partial charge in [0.2, 0.25) is 0 Å². The lowest BCUT2D eigenvalue weighted by atomic mass is 9.91. The molecule has 3 rings (SSSR count). The van der Waals surface area contributed by atoms with Gasteiger partial charge in [-0.1, -0.05) is 13.8 Å². The topological polar surface area (TPSA) is 91.3 Å². The normalized spacial score (nSPS) is 19.0. The lowest BCUT2D eigenvalue weighted by Gasteiger charge is -2.24. The first-order valence-electron chi connectivity index (χ1n) is 9.36. The number of nitrogens with zero attached hydrogens (tertiary/aromatic N) is 5. The second kappa shape index (κ2) is 8.33. The van der Waals surface area contributed by atoms with Crippen LogP contribution in [0.5, 0.6) is 0 Å². The summed E-state index contributed by atoms with van der Waals surface area (Å²) in [6.07, 6.45) is 6.47. The molecule has 2 atom stereocenters. The second-order valence-electron chi connectivity index (χ2n) is 7.61. The number of aromatic nitrogens is 3. The van der Waals surface area contributed by atoms with Crippen LogP contribution in [0.3, 0.4) is 0 Å². The van der Waals surface area contributed by atoms with Gasteiger partial charge in [0.25, 0.3) is 5.91 Å². The van der Waals surface area contributed by atoms with Crippen LogP contribution in [0.2, 0.25) is 0 Å². The fourth-order valence-corrected chi connectivity index (χ4v) is 3.38. The van der Waals surface area contributed by atoms with Crippen LogP contribution in [-0.4, -0.2) is 69.9 Å². The number of likely N-dealkylation sites (tertiary alicyclic amines) is 1. The Labute approximate surface area is 165 Å². The van der Waals surface area contributed by atoms with Crippen molar-refractivity contribution < 1.29 is 9.59 Å². The lowest BCUT2D eigenvalue weighted by molar-refractivity contribution is 0.0781. The zero-order chi connectivity index (χ0) is 20.3. The molecule has 2 aromatic rings. The molecular weight excluding hydrogens is 356 g/mol. The molecule has 1 aliphatic heterocycles. The van der Waals surface area contributed by atoms with Crippen molar-refractivity contribution in [1.82, 2.24) is 30.1 Å². The number of carbonyl (C=O) groups is 2. The average molecular weight is 382 g/mol. The molecule has 0 saturated carbocycles. The number of amides is 3. The lowest BCUT2D eigenvalue weighted by Crippen LogP contribution is -2.46. The molecule has 0 bridgehead atoms. The summed E-state index contributed by atoms with van der Waals surface area (Å²) >= 11 is 0. The maximum absolute atomic E-state index is 12.9. The molecule has 1 aliphatic rings. The van der Waals surface area contributed by atoms with Gasteiger partial charge in [-0.05, 0) is 18.1 Å². The van der Waals surface area contributed by atoms with E-state index >= 15 is 0 Å². The quantitative estimate of drug-likeness (QED) is 0.872. The predicted octanol–water partition coefficient (Wildman–Crippen LogP) is 1.91. The van der Waals surface area contributed by atoms with Crippen LogP contribution < -0.4 is 5.32 Å². The third-order valence-corrected chi connectivity index (χ3v) is 5.04. The number of urea groups is 1. The molecule has 1 N–H and O–H groups in total. The third kappa shape index (κ3) is 4.27.